The number of rotatable bonds is 3. The van der Waals surface area contributed by atoms with Crippen molar-refractivity contribution in [2.24, 2.45) is 5.92 Å². The molecule has 4 nitrogen and oxygen atoms in total. The van der Waals surface area contributed by atoms with Gasteiger partial charge in [-0.3, -0.25) is 4.90 Å². The van der Waals surface area contributed by atoms with Crippen LogP contribution in [0.15, 0.2) is 15.0 Å². The van der Waals surface area contributed by atoms with E-state index in [-0.39, 0.29) is 11.5 Å². The molecule has 0 spiro atoms. The SMILES string of the molecule is COc1c(Br)cc2c(c1Br)[C@@]13CCNCC[C@@]1(O)[C@@H](C2)N(CC1CC1)CC3. The van der Waals surface area contributed by atoms with E-state index in [1.165, 1.54) is 24.0 Å². The van der Waals surface area contributed by atoms with Gasteiger partial charge in [-0.1, -0.05) is 0 Å². The molecule has 0 unspecified atom stereocenters. The van der Waals surface area contributed by atoms with Gasteiger partial charge in [-0.15, -0.1) is 0 Å². The quantitative estimate of drug-likeness (QED) is 0.666. The summed E-state index contributed by atoms with van der Waals surface area (Å²) >= 11 is 7.58. The molecule has 3 fully saturated rings. The van der Waals surface area contributed by atoms with Gasteiger partial charge in [-0.25, -0.2) is 0 Å². The van der Waals surface area contributed by atoms with Crippen LogP contribution < -0.4 is 10.1 Å². The Morgan fingerprint density at radius 3 is 2.78 bits per heavy atom. The van der Waals surface area contributed by atoms with E-state index in [9.17, 15) is 5.11 Å². The van der Waals surface area contributed by atoms with Crippen molar-refractivity contribution >= 4 is 31.9 Å². The molecule has 0 aromatic heterocycles. The lowest BCUT2D eigenvalue weighted by Crippen LogP contribution is -2.71. The van der Waals surface area contributed by atoms with E-state index in [2.05, 4.69) is 48.1 Å². The normalized spacial score (nSPS) is 35.9. The van der Waals surface area contributed by atoms with Crippen LogP contribution in [0.5, 0.6) is 5.75 Å². The van der Waals surface area contributed by atoms with Gasteiger partial charge in [0, 0.05) is 18.0 Å². The molecule has 2 aliphatic carbocycles. The molecular weight excluding hydrogens is 472 g/mol. The highest BCUT2D eigenvalue weighted by atomic mass is 79.9. The van der Waals surface area contributed by atoms with Gasteiger partial charge in [0.2, 0.25) is 0 Å². The summed E-state index contributed by atoms with van der Waals surface area (Å²) in [6.07, 6.45) is 6.46. The van der Waals surface area contributed by atoms with Gasteiger partial charge in [-0.05, 0) is 113 Å². The van der Waals surface area contributed by atoms with Crippen molar-refractivity contribution in [2.75, 3.05) is 33.3 Å². The highest BCUT2D eigenvalue weighted by Gasteiger charge is 2.63. The number of methoxy groups -OCH3 is 1. The zero-order chi connectivity index (χ0) is 18.8. The molecule has 2 aliphatic heterocycles. The van der Waals surface area contributed by atoms with Crippen LogP contribution in [0.3, 0.4) is 0 Å². The maximum atomic E-state index is 12.3. The van der Waals surface area contributed by atoms with Crippen LogP contribution in [0.25, 0.3) is 0 Å². The molecule has 2 bridgehead atoms. The first-order chi connectivity index (χ1) is 13.0. The molecule has 1 aromatic rings. The number of ether oxygens (including phenoxy) is 1. The number of benzene rings is 1. The number of hydrogen-bond donors (Lipinski definition) is 2. The Morgan fingerprint density at radius 1 is 1.26 bits per heavy atom. The van der Waals surface area contributed by atoms with Gasteiger partial charge in [0.25, 0.3) is 0 Å². The summed E-state index contributed by atoms with van der Waals surface area (Å²) in [5.41, 5.74) is 1.78. The molecule has 1 saturated carbocycles. The average Bonchev–Trinajstić information content (AvgIpc) is 3.44. The van der Waals surface area contributed by atoms with Crippen LogP contribution in [0.2, 0.25) is 0 Å². The molecule has 3 atom stereocenters. The van der Waals surface area contributed by atoms with Crippen LogP contribution >= 0.6 is 31.9 Å². The number of likely N-dealkylation sites (tertiary alicyclic amines) is 1. The third-order valence-electron chi connectivity index (χ3n) is 7.60. The zero-order valence-electron chi connectivity index (χ0n) is 15.9. The van der Waals surface area contributed by atoms with E-state index < -0.39 is 5.60 Å². The number of fused-ring (bicyclic) bond motifs is 1. The van der Waals surface area contributed by atoms with E-state index in [0.29, 0.717) is 0 Å². The number of nitrogens with one attached hydrogen (secondary N) is 1. The molecule has 2 N–H and O–H groups in total. The fourth-order valence-electron chi connectivity index (χ4n) is 6.12. The largest absolute Gasteiger partial charge is 0.494 e. The molecule has 2 saturated heterocycles. The van der Waals surface area contributed by atoms with Gasteiger partial charge < -0.3 is 15.2 Å². The van der Waals surface area contributed by atoms with Crippen LogP contribution in [-0.4, -0.2) is 54.9 Å². The van der Waals surface area contributed by atoms with E-state index in [0.717, 1.165) is 72.5 Å². The molecule has 0 amide bonds. The van der Waals surface area contributed by atoms with E-state index >= 15 is 0 Å². The standard InChI is InChI=1S/C21H28Br2N2O2/c1-27-19-15(22)10-14-11-16-21(26)5-8-24-7-4-20(21,17(14)18(19)23)6-9-25(16)12-13-2-3-13/h10,13,16,24,26H,2-9,11-12H2,1H3/t16-,20+,21-/m1/s1. The molecule has 4 aliphatic rings. The lowest BCUT2D eigenvalue weighted by Gasteiger charge is -2.62. The van der Waals surface area contributed by atoms with Crippen molar-refractivity contribution in [3.8, 4) is 5.75 Å². The summed E-state index contributed by atoms with van der Waals surface area (Å²) in [4.78, 5) is 2.62. The van der Waals surface area contributed by atoms with E-state index in [1.54, 1.807) is 7.11 Å². The van der Waals surface area contributed by atoms with E-state index in [4.69, 9.17) is 4.74 Å². The molecular formula is C21H28Br2N2O2. The van der Waals surface area contributed by atoms with Gasteiger partial charge in [0.05, 0.1) is 21.7 Å². The second-order valence-electron chi connectivity index (χ2n) is 8.90. The molecule has 6 heteroatoms. The summed E-state index contributed by atoms with van der Waals surface area (Å²) in [7, 11) is 1.72. The summed E-state index contributed by atoms with van der Waals surface area (Å²) in [6.45, 7) is 4.10. The van der Waals surface area contributed by atoms with Crippen molar-refractivity contribution in [1.82, 2.24) is 10.2 Å². The van der Waals surface area contributed by atoms with Crippen molar-refractivity contribution < 1.29 is 9.84 Å². The second-order valence-corrected chi connectivity index (χ2v) is 10.6. The Kier molecular flexibility index (Phi) is 4.68. The molecule has 27 heavy (non-hydrogen) atoms. The second kappa shape index (κ2) is 6.69. The first-order valence-corrected chi connectivity index (χ1v) is 11.8. The molecule has 0 radical (unpaired) electrons. The number of nitrogens with zero attached hydrogens (tertiary/aromatic N) is 1. The highest BCUT2D eigenvalue weighted by Crippen LogP contribution is 2.59. The van der Waals surface area contributed by atoms with Crippen LogP contribution in [0.4, 0.5) is 0 Å². The number of hydrogen-bond acceptors (Lipinski definition) is 4. The summed E-state index contributed by atoms with van der Waals surface area (Å²) in [5.74, 6) is 1.70. The number of halogens is 2. The zero-order valence-corrected chi connectivity index (χ0v) is 19.0. The van der Waals surface area contributed by atoms with E-state index in [1.807, 2.05) is 0 Å². The maximum absolute atomic E-state index is 12.3. The summed E-state index contributed by atoms with van der Waals surface area (Å²) < 4.78 is 7.73. The molecule has 1 aromatic carbocycles. The molecule has 2 heterocycles. The summed E-state index contributed by atoms with van der Waals surface area (Å²) in [5, 5.41) is 15.9. The number of aliphatic hydroxyl groups is 1. The Labute approximate surface area is 178 Å². The Bertz CT molecular complexity index is 769. The Morgan fingerprint density at radius 2 is 2.04 bits per heavy atom. The van der Waals surface area contributed by atoms with Crippen molar-refractivity contribution in [3.05, 3.63) is 26.1 Å². The minimum Gasteiger partial charge on any atom is -0.494 e. The average molecular weight is 500 g/mol. The van der Waals surface area contributed by atoms with Crippen molar-refractivity contribution in [3.63, 3.8) is 0 Å². The lowest BCUT2D eigenvalue weighted by atomic mass is 9.52. The molecule has 5 rings (SSSR count). The monoisotopic (exact) mass is 498 g/mol. The smallest absolute Gasteiger partial charge is 0.147 e. The van der Waals surface area contributed by atoms with Crippen molar-refractivity contribution in [1.29, 1.82) is 0 Å². The van der Waals surface area contributed by atoms with Gasteiger partial charge in [-0.2, -0.15) is 0 Å². The van der Waals surface area contributed by atoms with Crippen LogP contribution in [0, 0.1) is 5.92 Å². The summed E-state index contributed by atoms with van der Waals surface area (Å²) in [6, 6.07) is 2.46. The van der Waals surface area contributed by atoms with Gasteiger partial charge in [0.15, 0.2) is 0 Å². The number of piperidine rings is 1. The van der Waals surface area contributed by atoms with Gasteiger partial charge in [0.1, 0.15) is 5.75 Å². The minimum absolute atomic E-state index is 0.207. The topological polar surface area (TPSA) is 44.7 Å². The minimum atomic E-state index is -0.683. The first kappa shape index (κ1) is 18.9. The third-order valence-corrected chi connectivity index (χ3v) is 8.95. The fraction of sp³-hybridized carbons (Fsp3) is 0.714. The highest BCUT2D eigenvalue weighted by molar-refractivity contribution is 9.11. The Hall–Kier alpha value is -0.140. The third kappa shape index (κ3) is 2.70. The predicted molar refractivity (Wildman–Crippen MR) is 114 cm³/mol. The first-order valence-electron chi connectivity index (χ1n) is 10.2. The lowest BCUT2D eigenvalue weighted by molar-refractivity contribution is -0.149. The Balaban J connectivity index is 1.70. The maximum Gasteiger partial charge on any atom is 0.147 e. The van der Waals surface area contributed by atoms with Gasteiger partial charge >= 0.3 is 0 Å². The fourth-order valence-corrected chi connectivity index (χ4v) is 8.03. The van der Waals surface area contributed by atoms with Crippen molar-refractivity contribution in [2.45, 2.75) is 55.6 Å². The predicted octanol–water partition coefficient (Wildman–Crippen LogP) is 3.61. The molecule has 148 valence electrons. The van der Waals surface area contributed by atoms with Crippen LogP contribution in [-0.2, 0) is 11.8 Å². The van der Waals surface area contributed by atoms with Crippen LogP contribution in [0.1, 0.15) is 43.2 Å².